The van der Waals surface area contributed by atoms with Gasteiger partial charge in [0, 0.05) is 31.6 Å². The number of hydrogen-bond donors (Lipinski definition) is 2. The number of likely N-dealkylation sites (tertiary alicyclic amines) is 1. The second-order valence-electron chi connectivity index (χ2n) is 9.57. The van der Waals surface area contributed by atoms with Crippen LogP contribution in [0.15, 0.2) is 41.2 Å². The van der Waals surface area contributed by atoms with Crippen LogP contribution < -0.4 is 16.2 Å². The van der Waals surface area contributed by atoms with Crippen molar-refractivity contribution in [1.29, 1.82) is 0 Å². The van der Waals surface area contributed by atoms with E-state index in [0.29, 0.717) is 28.1 Å². The molecule has 36 heavy (non-hydrogen) atoms. The predicted octanol–water partition coefficient (Wildman–Crippen LogP) is 4.89. The zero-order valence-electron chi connectivity index (χ0n) is 20.7. The summed E-state index contributed by atoms with van der Waals surface area (Å²) in [4.78, 5) is 26.5. The van der Waals surface area contributed by atoms with Crippen LogP contribution in [-0.2, 0) is 18.0 Å². The number of aryl methyl sites for hydroxylation is 1. The van der Waals surface area contributed by atoms with Crippen molar-refractivity contribution in [2.75, 3.05) is 30.8 Å². The number of rotatable bonds is 5. The molecule has 2 aromatic carbocycles. The highest BCUT2D eigenvalue weighted by molar-refractivity contribution is 5.92. The van der Waals surface area contributed by atoms with Gasteiger partial charge in [0.1, 0.15) is 0 Å². The highest BCUT2D eigenvalue weighted by Crippen LogP contribution is 2.35. The van der Waals surface area contributed by atoms with Crippen LogP contribution in [0.4, 0.5) is 24.7 Å². The van der Waals surface area contributed by atoms with Gasteiger partial charge < -0.3 is 15.5 Å². The van der Waals surface area contributed by atoms with Crippen molar-refractivity contribution in [3.63, 3.8) is 0 Å². The third kappa shape index (κ3) is 5.53. The van der Waals surface area contributed by atoms with Crippen LogP contribution in [0.3, 0.4) is 0 Å². The van der Waals surface area contributed by atoms with Crippen LogP contribution in [0.1, 0.15) is 55.3 Å². The molecule has 1 amide bonds. The first-order chi connectivity index (χ1) is 16.9. The Kier molecular flexibility index (Phi) is 7.08. The number of halogens is 3. The monoisotopic (exact) mass is 501 g/mol. The van der Waals surface area contributed by atoms with E-state index in [1.807, 2.05) is 12.1 Å². The summed E-state index contributed by atoms with van der Waals surface area (Å²) in [5.41, 5.74) is 0.374. The minimum atomic E-state index is -4.58. The molecule has 0 saturated carbocycles. The largest absolute Gasteiger partial charge is 0.416 e. The van der Waals surface area contributed by atoms with E-state index in [-0.39, 0.29) is 11.2 Å². The lowest BCUT2D eigenvalue weighted by Gasteiger charge is -2.30. The van der Waals surface area contributed by atoms with Crippen molar-refractivity contribution in [2.45, 2.75) is 44.8 Å². The topological polar surface area (TPSA) is 79.3 Å². The smallest absolute Gasteiger partial charge is 0.362 e. The van der Waals surface area contributed by atoms with Gasteiger partial charge in [-0.25, -0.2) is 4.68 Å². The molecule has 3 aromatic rings. The first-order valence-electron chi connectivity index (χ1n) is 11.9. The molecule has 1 aliphatic heterocycles. The van der Waals surface area contributed by atoms with Crippen LogP contribution in [0, 0.1) is 0 Å². The van der Waals surface area contributed by atoms with Crippen molar-refractivity contribution in [3.8, 4) is 0 Å². The molecule has 0 radical (unpaired) electrons. The predicted molar refractivity (Wildman–Crippen MR) is 134 cm³/mol. The van der Waals surface area contributed by atoms with Crippen molar-refractivity contribution in [3.05, 3.63) is 63.4 Å². The minimum absolute atomic E-state index is 0.0583. The van der Waals surface area contributed by atoms with Crippen LogP contribution in [0.2, 0.25) is 0 Å². The fourth-order valence-corrected chi connectivity index (χ4v) is 4.80. The van der Waals surface area contributed by atoms with E-state index in [1.54, 1.807) is 20.0 Å². The number of nitrogens with zero attached hydrogens (tertiary/aromatic N) is 3. The Bertz CT molecular complexity index is 1350. The van der Waals surface area contributed by atoms with Crippen molar-refractivity contribution in [1.82, 2.24) is 14.7 Å². The summed E-state index contributed by atoms with van der Waals surface area (Å²) < 4.78 is 41.9. The lowest BCUT2D eigenvalue weighted by atomic mass is 9.90. The van der Waals surface area contributed by atoms with E-state index in [2.05, 4.69) is 27.7 Å². The minimum Gasteiger partial charge on any atom is -0.362 e. The van der Waals surface area contributed by atoms with Crippen molar-refractivity contribution in [2.24, 2.45) is 7.05 Å². The number of piperidine rings is 1. The maximum Gasteiger partial charge on any atom is 0.416 e. The molecule has 1 aliphatic rings. The van der Waals surface area contributed by atoms with Crippen LogP contribution in [0.25, 0.3) is 10.8 Å². The van der Waals surface area contributed by atoms with Gasteiger partial charge in [-0.2, -0.15) is 18.3 Å². The zero-order valence-corrected chi connectivity index (χ0v) is 20.7. The first-order valence-corrected chi connectivity index (χ1v) is 11.9. The van der Waals surface area contributed by atoms with Crippen LogP contribution >= 0.6 is 0 Å². The van der Waals surface area contributed by atoms with Gasteiger partial charge >= 0.3 is 6.18 Å². The molecule has 10 heteroatoms. The van der Waals surface area contributed by atoms with Gasteiger partial charge in [-0.3, -0.25) is 9.59 Å². The fraction of sp³-hybridized carbons (Fsp3) is 0.423. The molecule has 7 nitrogen and oxygen atoms in total. The average Bonchev–Trinajstić information content (AvgIpc) is 2.81. The Morgan fingerprint density at radius 1 is 1.14 bits per heavy atom. The molecular weight excluding hydrogens is 471 g/mol. The summed E-state index contributed by atoms with van der Waals surface area (Å²) in [5, 5.41) is 11.2. The summed E-state index contributed by atoms with van der Waals surface area (Å²) in [6, 6.07) is 8.61. The molecule has 2 heterocycles. The van der Waals surface area contributed by atoms with Crippen LogP contribution in [-0.4, -0.2) is 40.7 Å². The number of anilines is 2. The average molecular weight is 502 g/mol. The van der Waals surface area contributed by atoms with E-state index >= 15 is 0 Å². The number of carbonyl (C=O) groups is 1. The second-order valence-corrected chi connectivity index (χ2v) is 9.57. The molecule has 4 rings (SSSR count). The third-order valence-electron chi connectivity index (χ3n) is 6.63. The van der Waals surface area contributed by atoms with E-state index in [4.69, 9.17) is 0 Å². The number of hydrogen-bond acceptors (Lipinski definition) is 5. The fourth-order valence-electron chi connectivity index (χ4n) is 4.80. The third-order valence-corrected chi connectivity index (χ3v) is 6.63. The summed E-state index contributed by atoms with van der Waals surface area (Å²) in [5.74, 6) is 0.266. The van der Waals surface area contributed by atoms with Gasteiger partial charge in [0.2, 0.25) is 5.91 Å². The lowest BCUT2D eigenvalue weighted by Crippen LogP contribution is -2.30. The SMILES string of the molecule is CC(=O)Nc1cc([C@@H](C)Nc2nn(C)c(=O)c3ccc(C4CCCN(C)C4)cc23)cc(C(F)(F)F)c1. The van der Waals surface area contributed by atoms with E-state index < -0.39 is 23.7 Å². The van der Waals surface area contributed by atoms with Gasteiger partial charge in [0.25, 0.3) is 5.56 Å². The normalized spacial score (nSPS) is 17.7. The number of carbonyl (C=O) groups excluding carboxylic acids is 1. The molecule has 2 atom stereocenters. The van der Waals surface area contributed by atoms with Gasteiger partial charge in [-0.1, -0.05) is 6.07 Å². The highest BCUT2D eigenvalue weighted by Gasteiger charge is 2.32. The molecule has 0 aliphatic carbocycles. The summed E-state index contributed by atoms with van der Waals surface area (Å²) in [7, 11) is 3.63. The lowest BCUT2D eigenvalue weighted by molar-refractivity contribution is -0.137. The molecule has 1 unspecified atom stereocenters. The molecule has 0 spiro atoms. The molecule has 2 N–H and O–H groups in total. The van der Waals surface area contributed by atoms with E-state index in [0.717, 1.165) is 43.6 Å². The van der Waals surface area contributed by atoms with E-state index in [9.17, 15) is 22.8 Å². The van der Waals surface area contributed by atoms with E-state index in [1.165, 1.54) is 17.7 Å². The highest BCUT2D eigenvalue weighted by atomic mass is 19.4. The molecule has 192 valence electrons. The quantitative estimate of drug-likeness (QED) is 0.520. The molecule has 1 fully saturated rings. The molecular formula is C26H30F3N5O2. The number of likely N-dealkylation sites (N-methyl/N-ethyl adjacent to an activating group) is 1. The Morgan fingerprint density at radius 3 is 2.56 bits per heavy atom. The Labute approximate surface area is 207 Å². The number of benzene rings is 2. The second kappa shape index (κ2) is 9.93. The van der Waals surface area contributed by atoms with Gasteiger partial charge in [0.05, 0.1) is 17.0 Å². The van der Waals surface area contributed by atoms with Crippen LogP contribution in [0.5, 0.6) is 0 Å². The van der Waals surface area contributed by atoms with Gasteiger partial charge in [-0.15, -0.1) is 0 Å². The number of amides is 1. The number of aromatic nitrogens is 2. The summed E-state index contributed by atoms with van der Waals surface area (Å²) >= 11 is 0. The Hall–Kier alpha value is -3.40. The number of alkyl halides is 3. The Morgan fingerprint density at radius 2 is 1.89 bits per heavy atom. The number of nitrogens with one attached hydrogen (secondary N) is 2. The summed E-state index contributed by atoms with van der Waals surface area (Å²) in [6.45, 7) is 4.92. The molecule has 0 bridgehead atoms. The maximum absolute atomic E-state index is 13.5. The molecule has 1 saturated heterocycles. The van der Waals surface area contributed by atoms with Crippen molar-refractivity contribution >= 4 is 28.2 Å². The Balaban J connectivity index is 1.74. The summed E-state index contributed by atoms with van der Waals surface area (Å²) in [6.07, 6.45) is -2.45. The zero-order chi connectivity index (χ0) is 26.2. The van der Waals surface area contributed by atoms with Crippen molar-refractivity contribution < 1.29 is 18.0 Å². The molecule has 1 aromatic heterocycles. The van der Waals surface area contributed by atoms with Gasteiger partial charge in [0.15, 0.2) is 5.82 Å². The maximum atomic E-state index is 13.5. The number of fused-ring (bicyclic) bond motifs is 1. The first kappa shape index (κ1) is 25.7. The van der Waals surface area contributed by atoms with Gasteiger partial charge in [-0.05, 0) is 80.7 Å². The standard InChI is InChI=1S/C26H30F3N5O2/c1-15(19-10-20(26(27,28)29)13-21(11-19)31-16(2)35)30-24-23-12-17(18-6-5-9-33(3)14-18)7-8-22(23)25(36)34(4)32-24/h7-8,10-13,15,18H,5-6,9,14H2,1-4H3,(H,30,32)(H,31,35)/t15-,18?/m1/s1.